The number of carbonyl (C=O) groups excluding carboxylic acids is 2. The summed E-state index contributed by atoms with van der Waals surface area (Å²) in [5.41, 5.74) is 1.14. The van der Waals surface area contributed by atoms with Gasteiger partial charge in [0.15, 0.2) is 0 Å². The van der Waals surface area contributed by atoms with E-state index < -0.39 is 0 Å². The van der Waals surface area contributed by atoms with Gasteiger partial charge in [-0.2, -0.15) is 11.8 Å². The number of thioether (sulfide) groups is 1. The first-order valence-corrected chi connectivity index (χ1v) is 9.96. The predicted octanol–water partition coefficient (Wildman–Crippen LogP) is 2.81. The van der Waals surface area contributed by atoms with Gasteiger partial charge in [0.1, 0.15) is 6.61 Å². The van der Waals surface area contributed by atoms with Crippen molar-refractivity contribution in [1.82, 2.24) is 15.1 Å². The normalized spacial score (nSPS) is 19.6. The number of benzene rings is 1. The van der Waals surface area contributed by atoms with E-state index in [1.165, 1.54) is 0 Å². The van der Waals surface area contributed by atoms with Crippen LogP contribution < -0.4 is 5.32 Å². The Bertz CT molecular complexity index is 631. The van der Waals surface area contributed by atoms with Gasteiger partial charge in [-0.05, 0) is 23.8 Å². The molecule has 1 aromatic carbocycles. The number of nitrogens with one attached hydrogen (secondary N) is 1. The summed E-state index contributed by atoms with van der Waals surface area (Å²) in [6.07, 6.45) is 0.645. The van der Waals surface area contributed by atoms with Crippen molar-refractivity contribution in [2.24, 2.45) is 0 Å². The van der Waals surface area contributed by atoms with Gasteiger partial charge in [-0.1, -0.05) is 29.8 Å². The lowest BCUT2D eigenvalue weighted by atomic mass is 10.2. The average molecular weight is 384 g/mol. The molecule has 8 heteroatoms. The Morgan fingerprint density at radius 2 is 2.20 bits per heavy atom. The molecule has 2 heterocycles. The number of hydrogen-bond donors (Lipinski definition) is 1. The molecular weight excluding hydrogens is 362 g/mol. The fraction of sp³-hybridized carbons (Fsp3) is 0.529. The van der Waals surface area contributed by atoms with Crippen molar-refractivity contribution in [3.8, 4) is 0 Å². The maximum absolute atomic E-state index is 12.2. The summed E-state index contributed by atoms with van der Waals surface area (Å²) < 4.78 is 5.01. The first kappa shape index (κ1) is 18.2. The van der Waals surface area contributed by atoms with E-state index in [2.05, 4.69) is 5.32 Å². The Labute approximate surface area is 156 Å². The lowest BCUT2D eigenvalue weighted by Crippen LogP contribution is -2.56. The van der Waals surface area contributed by atoms with Crippen LogP contribution in [0.1, 0.15) is 12.0 Å². The number of rotatable bonds is 6. The zero-order chi connectivity index (χ0) is 17.6. The highest BCUT2D eigenvalue weighted by Crippen LogP contribution is 2.21. The minimum Gasteiger partial charge on any atom is -0.447 e. The van der Waals surface area contributed by atoms with E-state index in [-0.39, 0.29) is 18.2 Å². The van der Waals surface area contributed by atoms with Crippen molar-refractivity contribution in [3.05, 3.63) is 34.9 Å². The summed E-state index contributed by atoms with van der Waals surface area (Å²) in [5.74, 6) is 1.84. The molecule has 0 bridgehead atoms. The Hall–Kier alpha value is -1.60. The van der Waals surface area contributed by atoms with Gasteiger partial charge in [-0.15, -0.1) is 0 Å². The minimum absolute atomic E-state index is 0.00169. The minimum atomic E-state index is -0.263. The molecule has 136 valence electrons. The number of fused-ring (bicyclic) bond motifs is 1. The summed E-state index contributed by atoms with van der Waals surface area (Å²) in [5, 5.41) is 3.76. The van der Waals surface area contributed by atoms with Crippen LogP contribution in [0.3, 0.4) is 0 Å². The Morgan fingerprint density at radius 1 is 1.36 bits per heavy atom. The van der Waals surface area contributed by atoms with E-state index in [9.17, 15) is 9.59 Å². The first-order chi connectivity index (χ1) is 12.1. The molecule has 1 aromatic rings. The van der Waals surface area contributed by atoms with Crippen molar-refractivity contribution >= 4 is 35.5 Å². The second kappa shape index (κ2) is 8.67. The average Bonchev–Trinajstić information content (AvgIpc) is 2.99. The zero-order valence-electron chi connectivity index (χ0n) is 13.9. The van der Waals surface area contributed by atoms with Crippen molar-refractivity contribution in [2.45, 2.75) is 18.2 Å². The van der Waals surface area contributed by atoms with Crippen LogP contribution in [-0.2, 0) is 10.5 Å². The van der Waals surface area contributed by atoms with Crippen LogP contribution in [0.5, 0.6) is 0 Å². The second-order valence-corrected chi connectivity index (χ2v) is 7.61. The molecule has 3 rings (SSSR count). The SMILES string of the molecule is O=C(NCCCSCc1ccccc1Cl)N1CCN2C(=O)OCC2C1. The standard InChI is InChI=1S/C17H22ClN3O3S/c18-15-5-2-1-4-13(15)12-25-9-3-6-19-16(22)20-7-8-21-14(10-20)11-24-17(21)23/h1-2,4-5,14H,3,6-12H2,(H,19,22). The van der Waals surface area contributed by atoms with Gasteiger partial charge < -0.3 is 15.0 Å². The monoisotopic (exact) mass is 383 g/mol. The van der Waals surface area contributed by atoms with Crippen molar-refractivity contribution in [1.29, 1.82) is 0 Å². The number of urea groups is 1. The zero-order valence-corrected chi connectivity index (χ0v) is 15.5. The van der Waals surface area contributed by atoms with Gasteiger partial charge in [0.2, 0.25) is 0 Å². The van der Waals surface area contributed by atoms with Crippen LogP contribution in [0.2, 0.25) is 5.02 Å². The third-order valence-corrected chi connectivity index (χ3v) is 5.82. The molecule has 6 nitrogen and oxygen atoms in total. The summed E-state index contributed by atoms with van der Waals surface area (Å²) in [4.78, 5) is 27.1. The molecular formula is C17H22ClN3O3S. The summed E-state index contributed by atoms with van der Waals surface area (Å²) in [6.45, 7) is 2.66. The maximum atomic E-state index is 12.2. The van der Waals surface area contributed by atoms with Crippen LogP contribution in [0, 0.1) is 0 Å². The van der Waals surface area contributed by atoms with E-state index in [0.717, 1.165) is 28.5 Å². The molecule has 2 aliphatic rings. The number of amides is 3. The molecule has 1 N–H and O–H groups in total. The third-order valence-electron chi connectivity index (χ3n) is 4.36. The van der Waals surface area contributed by atoms with Crippen LogP contribution in [0.4, 0.5) is 9.59 Å². The molecule has 0 aromatic heterocycles. The number of carbonyl (C=O) groups is 2. The first-order valence-electron chi connectivity index (χ1n) is 8.42. The fourth-order valence-electron chi connectivity index (χ4n) is 2.95. The molecule has 25 heavy (non-hydrogen) atoms. The van der Waals surface area contributed by atoms with E-state index >= 15 is 0 Å². The summed E-state index contributed by atoms with van der Waals surface area (Å²) in [7, 11) is 0. The summed E-state index contributed by atoms with van der Waals surface area (Å²) >= 11 is 7.94. The van der Waals surface area contributed by atoms with Gasteiger partial charge in [0.25, 0.3) is 0 Å². The third kappa shape index (κ3) is 4.73. The second-order valence-electron chi connectivity index (χ2n) is 6.10. The number of halogens is 1. The van der Waals surface area contributed by atoms with E-state index in [1.807, 2.05) is 36.0 Å². The van der Waals surface area contributed by atoms with E-state index in [4.69, 9.17) is 16.3 Å². The lowest BCUT2D eigenvalue weighted by molar-refractivity contribution is 0.127. The van der Waals surface area contributed by atoms with Crippen LogP contribution in [0.25, 0.3) is 0 Å². The molecule has 2 aliphatic heterocycles. The summed E-state index contributed by atoms with van der Waals surface area (Å²) in [6, 6.07) is 7.80. The maximum Gasteiger partial charge on any atom is 0.410 e. The van der Waals surface area contributed by atoms with Gasteiger partial charge in [0.05, 0.1) is 6.04 Å². The topological polar surface area (TPSA) is 61.9 Å². The van der Waals surface area contributed by atoms with Crippen LogP contribution in [-0.4, -0.2) is 66.5 Å². The lowest BCUT2D eigenvalue weighted by Gasteiger charge is -2.35. The smallest absolute Gasteiger partial charge is 0.410 e. The number of nitrogens with zero attached hydrogens (tertiary/aromatic N) is 2. The highest BCUT2D eigenvalue weighted by atomic mass is 35.5. The highest BCUT2D eigenvalue weighted by Gasteiger charge is 2.38. The van der Waals surface area contributed by atoms with Crippen LogP contribution >= 0.6 is 23.4 Å². The van der Waals surface area contributed by atoms with Gasteiger partial charge in [-0.3, -0.25) is 4.90 Å². The van der Waals surface area contributed by atoms with Crippen LogP contribution in [0.15, 0.2) is 24.3 Å². The van der Waals surface area contributed by atoms with E-state index in [0.29, 0.717) is 32.8 Å². The number of hydrogen-bond acceptors (Lipinski definition) is 4. The van der Waals surface area contributed by atoms with Gasteiger partial charge in [0, 0.05) is 37.0 Å². The molecule has 3 amide bonds. The molecule has 2 saturated heterocycles. The van der Waals surface area contributed by atoms with Crippen molar-refractivity contribution in [2.75, 3.05) is 38.5 Å². The highest BCUT2D eigenvalue weighted by molar-refractivity contribution is 7.98. The molecule has 1 unspecified atom stereocenters. The molecule has 1 atom stereocenters. The van der Waals surface area contributed by atoms with Gasteiger partial charge >= 0.3 is 12.1 Å². The van der Waals surface area contributed by atoms with E-state index in [1.54, 1.807) is 9.80 Å². The molecule has 0 spiro atoms. The number of ether oxygens (including phenoxy) is 1. The van der Waals surface area contributed by atoms with Gasteiger partial charge in [-0.25, -0.2) is 9.59 Å². The predicted molar refractivity (Wildman–Crippen MR) is 99.0 cm³/mol. The fourth-order valence-corrected chi connectivity index (χ4v) is 4.20. The number of cyclic esters (lactones) is 1. The van der Waals surface area contributed by atoms with Crippen molar-refractivity contribution in [3.63, 3.8) is 0 Å². The molecule has 0 radical (unpaired) electrons. The Morgan fingerprint density at radius 3 is 3.04 bits per heavy atom. The molecule has 0 aliphatic carbocycles. The molecule has 0 saturated carbocycles. The molecule has 2 fully saturated rings. The van der Waals surface area contributed by atoms with Crippen molar-refractivity contribution < 1.29 is 14.3 Å². The quantitative estimate of drug-likeness (QED) is 0.767. The number of piperazine rings is 1. The Balaban J connectivity index is 1.29. The largest absolute Gasteiger partial charge is 0.447 e. The Kier molecular flexibility index (Phi) is 6.31.